The number of ether oxygens (including phenoxy) is 1. The number of hydrogen-bond acceptors (Lipinski definition) is 7. The van der Waals surface area contributed by atoms with Gasteiger partial charge in [0.05, 0.1) is 17.1 Å². The van der Waals surface area contributed by atoms with Gasteiger partial charge in [0.2, 0.25) is 5.91 Å². The van der Waals surface area contributed by atoms with Crippen LogP contribution in [-0.4, -0.2) is 40.2 Å². The molecule has 4 rings (SSSR count). The third-order valence-corrected chi connectivity index (χ3v) is 8.04. The van der Waals surface area contributed by atoms with Crippen molar-refractivity contribution >= 4 is 68.5 Å². The number of rotatable bonds is 6. The van der Waals surface area contributed by atoms with Crippen LogP contribution in [-0.2, 0) is 27.2 Å². The number of fused-ring (bicyclic) bond motifs is 1. The molecule has 6 nitrogen and oxygen atoms in total. The number of hydrogen-bond donors (Lipinski definition) is 1. The zero-order chi connectivity index (χ0) is 23.5. The highest BCUT2D eigenvalue weighted by atomic mass is 32.2. The number of nitrogens with one attached hydrogen (secondary N) is 1. The minimum absolute atomic E-state index is 0.208. The first-order valence-electron chi connectivity index (χ1n) is 10.8. The van der Waals surface area contributed by atoms with E-state index in [1.165, 1.54) is 28.0 Å². The Morgan fingerprint density at radius 1 is 1.21 bits per heavy atom. The average molecular weight is 501 g/mol. The number of amides is 2. The molecule has 1 saturated heterocycles. The van der Waals surface area contributed by atoms with Crippen LogP contribution in [0, 0.1) is 6.92 Å². The molecule has 172 valence electrons. The van der Waals surface area contributed by atoms with Crippen molar-refractivity contribution in [2.45, 2.75) is 39.5 Å². The molecule has 0 spiro atoms. The van der Waals surface area contributed by atoms with Crippen LogP contribution in [0.25, 0.3) is 6.08 Å². The van der Waals surface area contributed by atoms with E-state index in [2.05, 4.69) is 5.32 Å². The molecule has 2 amide bonds. The molecule has 0 unspecified atom stereocenters. The highest BCUT2D eigenvalue weighted by Crippen LogP contribution is 2.39. The summed E-state index contributed by atoms with van der Waals surface area (Å²) in [6.07, 6.45) is 5.54. The van der Waals surface area contributed by atoms with Gasteiger partial charge in [-0.05, 0) is 56.7 Å². The van der Waals surface area contributed by atoms with Crippen LogP contribution in [0.3, 0.4) is 0 Å². The van der Waals surface area contributed by atoms with Crippen molar-refractivity contribution < 1.29 is 19.1 Å². The average Bonchev–Trinajstić information content (AvgIpc) is 3.27. The first-order valence-corrected chi connectivity index (χ1v) is 12.8. The molecule has 1 aromatic heterocycles. The molecule has 33 heavy (non-hydrogen) atoms. The van der Waals surface area contributed by atoms with E-state index < -0.39 is 11.9 Å². The van der Waals surface area contributed by atoms with E-state index in [0.29, 0.717) is 19.8 Å². The third-order valence-electron chi connectivity index (χ3n) is 5.45. The first-order chi connectivity index (χ1) is 15.9. The number of anilines is 1. The summed E-state index contributed by atoms with van der Waals surface area (Å²) in [5.74, 6) is -1.11. The number of carbonyl (C=O) groups excluding carboxylic acids is 3. The van der Waals surface area contributed by atoms with Crippen molar-refractivity contribution in [3.63, 3.8) is 0 Å². The molecule has 1 aliphatic carbocycles. The Bertz CT molecular complexity index is 1150. The predicted molar refractivity (Wildman–Crippen MR) is 137 cm³/mol. The molecule has 9 heteroatoms. The standard InChI is InChI=1S/C24H24N2O4S3/c1-3-30-23(29)20-16-6-4-5-7-17(16)32-21(20)25-19(27)13-26-22(28)18(33-24(26)31)12-15-10-8-14(2)9-11-15/h8-12H,3-7,13H2,1-2H3,(H,25,27)/b18-12+. The van der Waals surface area contributed by atoms with Crippen molar-refractivity contribution in [3.8, 4) is 0 Å². The lowest BCUT2D eigenvalue weighted by atomic mass is 9.95. The SMILES string of the molecule is CCOC(=O)c1c(NC(=O)CN2C(=O)/C(=C\c3ccc(C)cc3)SC2=S)sc2c1CCCC2. The van der Waals surface area contributed by atoms with Gasteiger partial charge in [-0.15, -0.1) is 11.3 Å². The lowest BCUT2D eigenvalue weighted by Gasteiger charge is -2.14. The van der Waals surface area contributed by atoms with E-state index in [4.69, 9.17) is 17.0 Å². The summed E-state index contributed by atoms with van der Waals surface area (Å²) in [5.41, 5.74) is 3.46. The van der Waals surface area contributed by atoms with Gasteiger partial charge in [0.1, 0.15) is 15.9 Å². The van der Waals surface area contributed by atoms with E-state index in [1.54, 1.807) is 13.0 Å². The maximum Gasteiger partial charge on any atom is 0.341 e. The number of nitrogens with zero attached hydrogens (tertiary/aromatic N) is 1. The molecule has 0 bridgehead atoms. The molecule has 1 aromatic carbocycles. The second-order valence-electron chi connectivity index (χ2n) is 7.86. The smallest absolute Gasteiger partial charge is 0.341 e. The number of thiocarbonyl (C=S) groups is 1. The van der Waals surface area contributed by atoms with Crippen LogP contribution in [0.1, 0.15) is 51.7 Å². The number of thioether (sulfide) groups is 1. The van der Waals surface area contributed by atoms with Gasteiger partial charge in [0.15, 0.2) is 0 Å². The highest BCUT2D eigenvalue weighted by molar-refractivity contribution is 8.26. The molecular formula is C24H24N2O4S3. The zero-order valence-corrected chi connectivity index (χ0v) is 20.9. The molecular weight excluding hydrogens is 476 g/mol. The molecule has 2 aromatic rings. The molecule has 1 fully saturated rings. The van der Waals surface area contributed by atoms with Crippen LogP contribution in [0.15, 0.2) is 29.2 Å². The number of carbonyl (C=O) groups is 3. The Hall–Kier alpha value is -2.49. The molecule has 2 heterocycles. The van der Waals surface area contributed by atoms with Gasteiger partial charge in [-0.3, -0.25) is 14.5 Å². The quantitative estimate of drug-likeness (QED) is 0.344. The van der Waals surface area contributed by atoms with Gasteiger partial charge in [-0.1, -0.05) is 53.8 Å². The summed E-state index contributed by atoms with van der Waals surface area (Å²) in [6.45, 7) is 3.81. The topological polar surface area (TPSA) is 75.7 Å². The Balaban J connectivity index is 1.49. The van der Waals surface area contributed by atoms with Gasteiger partial charge >= 0.3 is 5.97 Å². The van der Waals surface area contributed by atoms with Gasteiger partial charge < -0.3 is 10.1 Å². The monoisotopic (exact) mass is 500 g/mol. The van der Waals surface area contributed by atoms with Crippen molar-refractivity contribution in [2.24, 2.45) is 0 Å². The summed E-state index contributed by atoms with van der Waals surface area (Å²) in [5, 5.41) is 3.33. The number of esters is 1. The summed E-state index contributed by atoms with van der Waals surface area (Å²) in [6, 6.07) is 7.82. The second kappa shape index (κ2) is 10.2. The molecule has 0 atom stereocenters. The lowest BCUT2D eigenvalue weighted by Crippen LogP contribution is -2.36. The van der Waals surface area contributed by atoms with Gasteiger partial charge in [-0.2, -0.15) is 0 Å². The van der Waals surface area contributed by atoms with E-state index in [9.17, 15) is 14.4 Å². The summed E-state index contributed by atoms with van der Waals surface area (Å²) in [7, 11) is 0. The van der Waals surface area contributed by atoms with Crippen LogP contribution in [0.4, 0.5) is 5.00 Å². The zero-order valence-electron chi connectivity index (χ0n) is 18.4. The minimum Gasteiger partial charge on any atom is -0.462 e. The van der Waals surface area contributed by atoms with E-state index in [1.807, 2.05) is 31.2 Å². The maximum atomic E-state index is 12.9. The van der Waals surface area contributed by atoms with Crippen molar-refractivity contribution in [1.29, 1.82) is 0 Å². The van der Waals surface area contributed by atoms with Crippen LogP contribution >= 0.6 is 35.3 Å². The fourth-order valence-electron chi connectivity index (χ4n) is 3.83. The molecule has 1 N–H and O–H groups in total. The predicted octanol–water partition coefficient (Wildman–Crippen LogP) is 4.95. The van der Waals surface area contributed by atoms with E-state index in [0.717, 1.165) is 47.3 Å². The molecule has 0 radical (unpaired) electrons. The normalized spacial score (nSPS) is 16.8. The number of benzene rings is 1. The highest BCUT2D eigenvalue weighted by Gasteiger charge is 2.34. The third kappa shape index (κ3) is 5.20. The molecule has 2 aliphatic rings. The summed E-state index contributed by atoms with van der Waals surface area (Å²) in [4.78, 5) is 41.3. The van der Waals surface area contributed by atoms with Crippen LogP contribution in [0.5, 0.6) is 0 Å². The fourth-order valence-corrected chi connectivity index (χ4v) is 6.38. The van der Waals surface area contributed by atoms with Crippen LogP contribution < -0.4 is 5.32 Å². The maximum absolute atomic E-state index is 12.9. The van der Waals surface area contributed by atoms with Crippen LogP contribution in [0.2, 0.25) is 0 Å². The Labute approximate surface area is 206 Å². The van der Waals surface area contributed by atoms with E-state index in [-0.39, 0.29) is 19.1 Å². The first kappa shape index (κ1) is 23.7. The largest absolute Gasteiger partial charge is 0.462 e. The Kier molecular flexibility index (Phi) is 7.31. The molecule has 0 saturated carbocycles. The lowest BCUT2D eigenvalue weighted by molar-refractivity contribution is -0.126. The molecule has 1 aliphatic heterocycles. The van der Waals surface area contributed by atoms with Crippen molar-refractivity contribution in [2.75, 3.05) is 18.5 Å². The number of thiophene rings is 1. The van der Waals surface area contributed by atoms with Gasteiger partial charge in [0.25, 0.3) is 5.91 Å². The summed E-state index contributed by atoms with van der Waals surface area (Å²) < 4.78 is 5.58. The van der Waals surface area contributed by atoms with Gasteiger partial charge in [0, 0.05) is 4.88 Å². The van der Waals surface area contributed by atoms with Gasteiger partial charge in [-0.25, -0.2) is 4.79 Å². The Morgan fingerprint density at radius 2 is 1.94 bits per heavy atom. The van der Waals surface area contributed by atoms with Crippen molar-refractivity contribution in [1.82, 2.24) is 4.90 Å². The fraction of sp³-hybridized carbons (Fsp3) is 0.333. The Morgan fingerprint density at radius 3 is 2.67 bits per heavy atom. The summed E-state index contributed by atoms with van der Waals surface area (Å²) >= 11 is 7.97. The minimum atomic E-state index is -0.418. The number of aryl methyl sites for hydroxylation is 2. The van der Waals surface area contributed by atoms with E-state index >= 15 is 0 Å². The van der Waals surface area contributed by atoms with Crippen molar-refractivity contribution in [3.05, 3.63) is 56.3 Å². The second-order valence-corrected chi connectivity index (χ2v) is 10.6.